The van der Waals surface area contributed by atoms with Crippen molar-refractivity contribution in [3.05, 3.63) is 82.6 Å². The van der Waals surface area contributed by atoms with E-state index in [4.69, 9.17) is 16.3 Å². The van der Waals surface area contributed by atoms with Gasteiger partial charge in [-0.3, -0.25) is 4.79 Å². The number of ether oxygens (including phenoxy) is 1. The summed E-state index contributed by atoms with van der Waals surface area (Å²) in [5, 5.41) is 6.69. The summed E-state index contributed by atoms with van der Waals surface area (Å²) in [6.07, 6.45) is 2.28. The maximum atomic E-state index is 12.3. The van der Waals surface area contributed by atoms with Crippen LogP contribution in [0.4, 0.5) is 5.95 Å². The maximum absolute atomic E-state index is 12.3. The zero-order chi connectivity index (χ0) is 19.8. The van der Waals surface area contributed by atoms with E-state index >= 15 is 0 Å². The van der Waals surface area contributed by atoms with Crippen LogP contribution in [0.15, 0.2) is 60.8 Å². The molecule has 7 heteroatoms. The topological polar surface area (TPSA) is 76.1 Å². The van der Waals surface area contributed by atoms with Crippen molar-refractivity contribution < 1.29 is 9.53 Å². The monoisotopic (exact) mass is 396 g/mol. The van der Waals surface area contributed by atoms with Crippen LogP contribution < -0.4 is 15.4 Å². The zero-order valence-electron chi connectivity index (χ0n) is 15.5. The van der Waals surface area contributed by atoms with E-state index in [1.165, 1.54) is 0 Å². The molecule has 1 amide bonds. The lowest BCUT2D eigenvalue weighted by Gasteiger charge is -2.10. The average Bonchev–Trinajstić information content (AvgIpc) is 2.74. The van der Waals surface area contributed by atoms with Gasteiger partial charge in [0.25, 0.3) is 5.91 Å². The Morgan fingerprint density at radius 3 is 2.68 bits per heavy atom. The number of aromatic nitrogens is 2. The highest BCUT2D eigenvalue weighted by atomic mass is 35.5. The maximum Gasteiger partial charge on any atom is 0.270 e. The number of halogens is 1. The first-order valence-electron chi connectivity index (χ1n) is 8.87. The van der Waals surface area contributed by atoms with Gasteiger partial charge in [-0.1, -0.05) is 41.9 Å². The van der Waals surface area contributed by atoms with Crippen LogP contribution in [0.25, 0.3) is 0 Å². The molecule has 144 valence electrons. The van der Waals surface area contributed by atoms with E-state index in [0.717, 1.165) is 16.9 Å². The first-order valence-corrected chi connectivity index (χ1v) is 9.25. The molecular weight excluding hydrogens is 376 g/mol. The van der Waals surface area contributed by atoms with E-state index in [2.05, 4.69) is 20.6 Å². The Balaban J connectivity index is 1.54. The predicted octanol–water partition coefficient (Wildman–Crippen LogP) is 3.72. The van der Waals surface area contributed by atoms with Gasteiger partial charge in [-0.25, -0.2) is 9.97 Å². The Hall–Kier alpha value is -3.12. The quantitative estimate of drug-likeness (QED) is 0.606. The van der Waals surface area contributed by atoms with E-state index in [9.17, 15) is 4.79 Å². The van der Waals surface area contributed by atoms with Gasteiger partial charge < -0.3 is 15.4 Å². The summed E-state index contributed by atoms with van der Waals surface area (Å²) >= 11 is 5.88. The second-order valence-electron chi connectivity index (χ2n) is 6.06. The molecule has 0 aliphatic heterocycles. The van der Waals surface area contributed by atoms with Crippen molar-refractivity contribution in [1.82, 2.24) is 15.3 Å². The lowest BCUT2D eigenvalue weighted by molar-refractivity contribution is 0.0949. The summed E-state index contributed by atoms with van der Waals surface area (Å²) in [4.78, 5) is 20.8. The fourth-order valence-corrected chi connectivity index (χ4v) is 2.78. The van der Waals surface area contributed by atoms with E-state index in [0.29, 0.717) is 36.2 Å². The summed E-state index contributed by atoms with van der Waals surface area (Å²) < 4.78 is 5.33. The molecule has 2 N–H and O–H groups in total. The highest BCUT2D eigenvalue weighted by Gasteiger charge is 2.09. The largest absolute Gasteiger partial charge is 0.496 e. The van der Waals surface area contributed by atoms with Gasteiger partial charge in [-0.05, 0) is 36.2 Å². The minimum Gasteiger partial charge on any atom is -0.496 e. The lowest BCUT2D eigenvalue weighted by Crippen LogP contribution is -2.26. The number of hydrogen-bond acceptors (Lipinski definition) is 5. The Kier molecular flexibility index (Phi) is 6.81. The van der Waals surface area contributed by atoms with Gasteiger partial charge in [-0.15, -0.1) is 0 Å². The molecule has 0 bridgehead atoms. The van der Waals surface area contributed by atoms with Gasteiger partial charge in [-0.2, -0.15) is 0 Å². The van der Waals surface area contributed by atoms with E-state index in [1.807, 2.05) is 48.5 Å². The number of para-hydroxylation sites is 1. The Morgan fingerprint density at radius 1 is 1.11 bits per heavy atom. The Labute approximate surface area is 168 Å². The van der Waals surface area contributed by atoms with Crippen LogP contribution >= 0.6 is 11.6 Å². The van der Waals surface area contributed by atoms with Gasteiger partial charge in [0.15, 0.2) is 0 Å². The molecule has 0 fully saturated rings. The second-order valence-corrected chi connectivity index (χ2v) is 6.50. The molecule has 0 spiro atoms. The third-order valence-electron chi connectivity index (χ3n) is 4.13. The molecule has 0 aliphatic rings. The number of anilines is 1. The van der Waals surface area contributed by atoms with Gasteiger partial charge in [0, 0.05) is 29.9 Å². The van der Waals surface area contributed by atoms with Crippen LogP contribution in [-0.4, -0.2) is 29.5 Å². The van der Waals surface area contributed by atoms with Crippen LogP contribution in [-0.2, 0) is 13.0 Å². The van der Waals surface area contributed by atoms with Gasteiger partial charge in [0.2, 0.25) is 5.95 Å². The number of carbonyl (C=O) groups is 1. The summed E-state index contributed by atoms with van der Waals surface area (Å²) in [6, 6.07) is 16.8. The molecule has 0 aliphatic carbocycles. The third kappa shape index (κ3) is 5.44. The molecule has 1 aromatic heterocycles. The third-order valence-corrected chi connectivity index (χ3v) is 4.38. The van der Waals surface area contributed by atoms with Crippen molar-refractivity contribution in [3.63, 3.8) is 0 Å². The first-order chi connectivity index (χ1) is 13.7. The summed E-state index contributed by atoms with van der Waals surface area (Å²) in [5.41, 5.74) is 2.40. The normalized spacial score (nSPS) is 10.4. The minimum absolute atomic E-state index is 0.239. The van der Waals surface area contributed by atoms with Crippen LogP contribution in [0.1, 0.15) is 21.6 Å². The predicted molar refractivity (Wildman–Crippen MR) is 110 cm³/mol. The number of methoxy groups -OCH3 is 1. The van der Waals surface area contributed by atoms with E-state index in [-0.39, 0.29) is 5.91 Å². The van der Waals surface area contributed by atoms with Gasteiger partial charge in [0.1, 0.15) is 11.4 Å². The molecule has 0 radical (unpaired) electrons. The van der Waals surface area contributed by atoms with E-state index < -0.39 is 0 Å². The van der Waals surface area contributed by atoms with Crippen molar-refractivity contribution in [3.8, 4) is 5.75 Å². The Morgan fingerprint density at radius 2 is 1.89 bits per heavy atom. The molecular formula is C21H21ClN4O2. The molecule has 0 saturated heterocycles. The van der Waals surface area contributed by atoms with E-state index in [1.54, 1.807) is 19.4 Å². The minimum atomic E-state index is -0.239. The van der Waals surface area contributed by atoms with Crippen molar-refractivity contribution in [2.24, 2.45) is 0 Å². The molecule has 3 rings (SSSR count). The zero-order valence-corrected chi connectivity index (χ0v) is 16.2. The molecule has 28 heavy (non-hydrogen) atoms. The number of nitrogens with one attached hydrogen (secondary N) is 2. The van der Waals surface area contributed by atoms with Crippen LogP contribution in [0.3, 0.4) is 0 Å². The van der Waals surface area contributed by atoms with Crippen LogP contribution in [0.2, 0.25) is 5.02 Å². The molecule has 0 atom stereocenters. The van der Waals surface area contributed by atoms with Crippen LogP contribution in [0.5, 0.6) is 5.75 Å². The van der Waals surface area contributed by atoms with Gasteiger partial charge >= 0.3 is 0 Å². The fraction of sp³-hybridized carbons (Fsp3) is 0.190. The number of nitrogens with zero attached hydrogens (tertiary/aromatic N) is 2. The Bertz CT molecular complexity index is 932. The molecule has 0 saturated carbocycles. The average molecular weight is 397 g/mol. The summed E-state index contributed by atoms with van der Waals surface area (Å²) in [7, 11) is 1.63. The lowest BCUT2D eigenvalue weighted by atomic mass is 10.1. The summed E-state index contributed by atoms with van der Waals surface area (Å²) in [5.74, 6) is 0.930. The number of carbonyl (C=O) groups excluding carboxylic acids is 1. The smallest absolute Gasteiger partial charge is 0.270 e. The SMILES string of the molecule is COc1ccccc1CNc1nccc(C(=O)NCCc2ccc(Cl)cc2)n1. The fourth-order valence-electron chi connectivity index (χ4n) is 2.66. The number of hydrogen-bond donors (Lipinski definition) is 2. The number of rotatable bonds is 8. The van der Waals surface area contributed by atoms with Gasteiger partial charge in [0.05, 0.1) is 7.11 Å². The number of amides is 1. The first kappa shape index (κ1) is 19.6. The molecule has 6 nitrogen and oxygen atoms in total. The molecule has 1 heterocycles. The van der Waals surface area contributed by atoms with Crippen molar-refractivity contribution >= 4 is 23.5 Å². The second kappa shape index (κ2) is 9.71. The number of benzene rings is 2. The van der Waals surface area contributed by atoms with Crippen molar-refractivity contribution in [1.29, 1.82) is 0 Å². The highest BCUT2D eigenvalue weighted by molar-refractivity contribution is 6.30. The molecule has 0 unspecified atom stereocenters. The standard InChI is InChI=1S/C21H21ClN4O2/c1-28-19-5-3-2-4-16(19)14-25-21-24-13-11-18(26-21)20(27)23-12-10-15-6-8-17(22)9-7-15/h2-9,11,13H,10,12,14H2,1H3,(H,23,27)(H,24,25,26). The summed E-state index contributed by atoms with van der Waals surface area (Å²) in [6.45, 7) is 1.00. The molecule has 3 aromatic rings. The molecule has 2 aromatic carbocycles. The van der Waals surface area contributed by atoms with Crippen molar-refractivity contribution in [2.75, 3.05) is 19.0 Å². The van der Waals surface area contributed by atoms with Crippen molar-refractivity contribution in [2.45, 2.75) is 13.0 Å². The highest BCUT2D eigenvalue weighted by Crippen LogP contribution is 2.18. The van der Waals surface area contributed by atoms with Crippen LogP contribution in [0, 0.1) is 0 Å².